The number of carbonyl (C=O) groups excluding carboxylic acids is 1. The zero-order chi connectivity index (χ0) is 26.1. The van der Waals surface area contributed by atoms with Gasteiger partial charge in [-0.25, -0.2) is 16.8 Å². The molecule has 3 rings (SSSR count). The van der Waals surface area contributed by atoms with Gasteiger partial charge in [-0.2, -0.15) is 5.26 Å². The van der Waals surface area contributed by atoms with Crippen LogP contribution in [-0.2, 0) is 24.7 Å². The van der Waals surface area contributed by atoms with E-state index in [0.29, 0.717) is 25.3 Å². The Balaban J connectivity index is 2.12. The number of rotatable bonds is 9. The molecule has 1 aromatic rings. The Kier molecular flexibility index (Phi) is 7.52. The van der Waals surface area contributed by atoms with Gasteiger partial charge in [-0.1, -0.05) is 33.6 Å². The normalized spacial score (nSPS) is 19.6. The van der Waals surface area contributed by atoms with Gasteiger partial charge in [-0.3, -0.25) is 9.52 Å². The van der Waals surface area contributed by atoms with Crippen molar-refractivity contribution in [3.05, 3.63) is 40.1 Å². The van der Waals surface area contributed by atoms with E-state index in [1.54, 1.807) is 11.0 Å². The van der Waals surface area contributed by atoms with E-state index in [1.807, 2.05) is 20.8 Å². The first-order valence-electron chi connectivity index (χ1n) is 11.3. The number of aliphatic hydroxyl groups is 1. The number of fused-ring (bicyclic) bond motifs is 1. The first-order chi connectivity index (χ1) is 16.3. The van der Waals surface area contributed by atoms with E-state index in [-0.39, 0.29) is 33.3 Å². The van der Waals surface area contributed by atoms with E-state index < -0.39 is 36.7 Å². The minimum absolute atomic E-state index is 0.0101. The van der Waals surface area contributed by atoms with Gasteiger partial charge in [0.15, 0.2) is 4.91 Å². The Morgan fingerprint density at radius 2 is 2.00 bits per heavy atom. The van der Waals surface area contributed by atoms with Crippen LogP contribution in [0.4, 0.5) is 11.4 Å². The van der Waals surface area contributed by atoms with Crippen LogP contribution in [0.5, 0.6) is 0 Å². The van der Waals surface area contributed by atoms with E-state index in [0.717, 1.165) is 25.2 Å². The van der Waals surface area contributed by atoms with E-state index in [9.17, 15) is 32.0 Å². The summed E-state index contributed by atoms with van der Waals surface area (Å²) >= 11 is 0. The number of sulfone groups is 1. The average Bonchev–Trinajstić information content (AvgIpc) is 2.98. The van der Waals surface area contributed by atoms with Gasteiger partial charge in [-0.15, -0.1) is 0 Å². The number of aliphatic hydroxyl groups excluding tert-OH is 1. The fourth-order valence-corrected chi connectivity index (χ4v) is 6.15. The molecule has 0 saturated carbocycles. The van der Waals surface area contributed by atoms with Crippen LogP contribution in [0.1, 0.15) is 46.5 Å². The van der Waals surface area contributed by atoms with Crippen LogP contribution in [-0.4, -0.2) is 51.6 Å². The lowest BCUT2D eigenvalue weighted by molar-refractivity contribution is -0.127. The molecule has 1 unspecified atom stereocenters. The minimum Gasteiger partial charge on any atom is -0.509 e. The maximum absolute atomic E-state index is 13.4. The number of carbonyl (C=O) groups is 1. The molecule has 2 aliphatic rings. The molecule has 0 spiro atoms. The molecule has 1 amide bonds. The predicted molar refractivity (Wildman–Crippen MR) is 132 cm³/mol. The molecule has 2 heterocycles. The quantitative estimate of drug-likeness (QED) is 0.446. The molecule has 0 aromatic heterocycles. The van der Waals surface area contributed by atoms with Gasteiger partial charge in [0.1, 0.15) is 17.4 Å². The number of hydrogen-bond donors (Lipinski definition) is 3. The lowest BCUT2D eigenvalue weighted by atomic mass is 10.1. The molecule has 1 atom stereocenters. The second kappa shape index (κ2) is 9.91. The Labute approximate surface area is 206 Å². The molecule has 35 heavy (non-hydrogen) atoms. The third-order valence-corrected chi connectivity index (χ3v) is 8.24. The number of sulfonamides is 1. The molecule has 0 bridgehead atoms. The number of unbranched alkanes of at least 4 members (excludes halogenated alkanes) is 1. The van der Waals surface area contributed by atoms with Gasteiger partial charge in [0, 0.05) is 12.2 Å². The van der Waals surface area contributed by atoms with E-state index in [4.69, 9.17) is 0 Å². The third kappa shape index (κ3) is 5.31. The predicted octanol–water partition coefficient (Wildman–Crippen LogP) is 3.25. The van der Waals surface area contributed by atoms with Crippen LogP contribution in [0.15, 0.2) is 45.0 Å². The number of amides is 1. The molecule has 1 aromatic carbocycles. The maximum atomic E-state index is 13.4. The van der Waals surface area contributed by atoms with Crippen molar-refractivity contribution in [2.45, 2.75) is 57.4 Å². The van der Waals surface area contributed by atoms with Crippen molar-refractivity contribution >= 4 is 37.1 Å². The van der Waals surface area contributed by atoms with Gasteiger partial charge < -0.3 is 15.3 Å². The highest BCUT2D eigenvalue weighted by Crippen LogP contribution is 2.41. The Morgan fingerprint density at radius 3 is 2.57 bits per heavy atom. The molecule has 10 nitrogen and oxygen atoms in total. The van der Waals surface area contributed by atoms with Crippen LogP contribution in [0.2, 0.25) is 0 Å². The lowest BCUT2D eigenvalue weighted by Crippen LogP contribution is -2.37. The van der Waals surface area contributed by atoms with Crippen LogP contribution < -0.4 is 10.0 Å². The fourth-order valence-electron chi connectivity index (χ4n) is 4.14. The van der Waals surface area contributed by atoms with E-state index in [1.165, 1.54) is 12.1 Å². The first-order valence-corrected chi connectivity index (χ1v) is 14.7. The standard InChI is InChI=1S/C23H30N4O6S2/c1-5-6-7-17-22(28)20(23(29)27(17)11-10-14(2)3)21-19(13-24)35(32,33)18-12-15(26-34(4,30)31)8-9-16(18)25-21/h8-9,12,14,17,25-26,28H,5-7,10-11H2,1-4H3. The summed E-state index contributed by atoms with van der Waals surface area (Å²) in [7, 11) is -8.08. The Hall–Kier alpha value is -3.04. The molecular formula is C23H30N4O6S2. The number of nitriles is 1. The second-order valence-electron chi connectivity index (χ2n) is 9.13. The molecule has 3 N–H and O–H groups in total. The summed E-state index contributed by atoms with van der Waals surface area (Å²) < 4.78 is 52.1. The Morgan fingerprint density at radius 1 is 1.31 bits per heavy atom. The molecule has 2 aliphatic heterocycles. The number of hydrogen-bond acceptors (Lipinski definition) is 8. The van der Waals surface area contributed by atoms with Gasteiger partial charge in [-0.05, 0) is 37.0 Å². The number of anilines is 2. The van der Waals surface area contributed by atoms with E-state index in [2.05, 4.69) is 10.0 Å². The van der Waals surface area contributed by atoms with Crippen molar-refractivity contribution in [2.24, 2.45) is 5.92 Å². The Bertz CT molecular complexity index is 1350. The van der Waals surface area contributed by atoms with Crippen LogP contribution in [0.25, 0.3) is 0 Å². The van der Waals surface area contributed by atoms with E-state index >= 15 is 0 Å². The molecule has 0 radical (unpaired) electrons. The summed E-state index contributed by atoms with van der Waals surface area (Å²) in [6.07, 6.45) is 3.74. The zero-order valence-electron chi connectivity index (χ0n) is 20.1. The van der Waals surface area contributed by atoms with Gasteiger partial charge >= 0.3 is 0 Å². The maximum Gasteiger partial charge on any atom is 0.260 e. The molecule has 0 fully saturated rings. The first kappa shape index (κ1) is 26.6. The van der Waals surface area contributed by atoms with Crippen molar-refractivity contribution in [1.29, 1.82) is 5.26 Å². The van der Waals surface area contributed by atoms with Crippen molar-refractivity contribution < 1.29 is 26.7 Å². The number of benzene rings is 1. The van der Waals surface area contributed by atoms with Crippen molar-refractivity contribution in [1.82, 2.24) is 4.90 Å². The van der Waals surface area contributed by atoms with Crippen LogP contribution in [0.3, 0.4) is 0 Å². The smallest absolute Gasteiger partial charge is 0.260 e. The van der Waals surface area contributed by atoms with Crippen molar-refractivity contribution in [3.8, 4) is 6.07 Å². The van der Waals surface area contributed by atoms with Crippen molar-refractivity contribution in [3.63, 3.8) is 0 Å². The minimum atomic E-state index is -4.42. The van der Waals surface area contributed by atoms with Gasteiger partial charge in [0.25, 0.3) is 5.91 Å². The molecule has 12 heteroatoms. The number of nitrogens with one attached hydrogen (secondary N) is 2. The highest BCUT2D eigenvalue weighted by Gasteiger charge is 2.44. The molecule has 0 saturated heterocycles. The second-order valence-corrected chi connectivity index (χ2v) is 12.7. The largest absolute Gasteiger partial charge is 0.509 e. The van der Waals surface area contributed by atoms with Crippen molar-refractivity contribution in [2.75, 3.05) is 22.8 Å². The summed E-state index contributed by atoms with van der Waals surface area (Å²) in [6.45, 7) is 6.42. The highest BCUT2D eigenvalue weighted by molar-refractivity contribution is 7.96. The monoisotopic (exact) mass is 522 g/mol. The molecule has 190 valence electrons. The summed E-state index contributed by atoms with van der Waals surface area (Å²) in [5.41, 5.74) is -0.411. The SMILES string of the molecule is CCCCC1C(O)=C(C2=C(C#N)S(=O)(=O)c3cc(NS(C)(=O)=O)ccc3N2)C(=O)N1CCC(C)C. The lowest BCUT2D eigenvalue weighted by Gasteiger charge is -2.26. The topological polar surface area (TPSA) is 157 Å². The number of nitrogens with zero attached hydrogens (tertiary/aromatic N) is 2. The summed E-state index contributed by atoms with van der Waals surface area (Å²) in [5, 5.41) is 23.7. The van der Waals surface area contributed by atoms with Crippen LogP contribution >= 0.6 is 0 Å². The van der Waals surface area contributed by atoms with Gasteiger partial charge in [0.05, 0.1) is 28.6 Å². The fraction of sp³-hybridized carbons (Fsp3) is 0.478. The summed E-state index contributed by atoms with van der Waals surface area (Å²) in [6, 6.07) is 4.88. The summed E-state index contributed by atoms with van der Waals surface area (Å²) in [5.74, 6) is -0.477. The molecular weight excluding hydrogens is 492 g/mol. The number of allylic oxidation sites excluding steroid dienone is 1. The average molecular weight is 523 g/mol. The molecule has 0 aliphatic carbocycles. The summed E-state index contributed by atoms with van der Waals surface area (Å²) in [4.78, 5) is 14.0. The van der Waals surface area contributed by atoms with Crippen LogP contribution in [0, 0.1) is 17.2 Å². The highest BCUT2D eigenvalue weighted by atomic mass is 32.2. The van der Waals surface area contributed by atoms with Gasteiger partial charge in [0.2, 0.25) is 19.9 Å². The third-order valence-electron chi connectivity index (χ3n) is 5.88. The zero-order valence-corrected chi connectivity index (χ0v) is 21.8.